The van der Waals surface area contributed by atoms with E-state index in [9.17, 15) is 15.0 Å². The van der Waals surface area contributed by atoms with Crippen LogP contribution < -0.4 is 0 Å². The second kappa shape index (κ2) is 11.1. The Labute approximate surface area is 155 Å². The quantitative estimate of drug-likeness (QED) is 0.490. The minimum absolute atomic E-state index is 0.0498. The molecule has 1 heterocycles. The third-order valence-corrected chi connectivity index (χ3v) is 4.53. The van der Waals surface area contributed by atoms with Crippen LogP contribution in [0.25, 0.3) is 0 Å². The molecule has 2 N–H and O–H groups in total. The van der Waals surface area contributed by atoms with Crippen molar-refractivity contribution in [1.82, 2.24) is 0 Å². The first-order chi connectivity index (χ1) is 12.5. The lowest BCUT2D eigenvalue weighted by molar-refractivity contribution is -0.157. The monoisotopic (exact) mass is 362 g/mol. The Morgan fingerprint density at radius 2 is 2.12 bits per heavy atom. The van der Waals surface area contributed by atoms with Gasteiger partial charge in [0.15, 0.2) is 0 Å². The first-order valence-electron chi connectivity index (χ1n) is 9.42. The minimum Gasteiger partial charge on any atom is -0.481 e. The maximum atomic E-state index is 11.2. The van der Waals surface area contributed by atoms with Gasteiger partial charge < -0.3 is 19.7 Å². The summed E-state index contributed by atoms with van der Waals surface area (Å²) in [5.41, 5.74) is 1.07. The highest BCUT2D eigenvalue weighted by Gasteiger charge is 2.32. The van der Waals surface area contributed by atoms with E-state index < -0.39 is 12.1 Å². The third kappa shape index (κ3) is 7.68. The number of rotatable bonds is 10. The molecule has 1 saturated heterocycles. The first-order valence-corrected chi connectivity index (χ1v) is 9.42. The lowest BCUT2D eigenvalue weighted by Crippen LogP contribution is -2.41. The molecule has 5 nitrogen and oxygen atoms in total. The number of allylic oxidation sites excluding steroid dienone is 1. The van der Waals surface area contributed by atoms with E-state index in [1.54, 1.807) is 6.92 Å². The number of aliphatic carboxylic acids is 1. The van der Waals surface area contributed by atoms with Gasteiger partial charge in [-0.2, -0.15) is 0 Å². The van der Waals surface area contributed by atoms with Crippen molar-refractivity contribution in [2.75, 3.05) is 0 Å². The molecule has 0 unspecified atom stereocenters. The Morgan fingerprint density at radius 3 is 2.81 bits per heavy atom. The first kappa shape index (κ1) is 20.6. The molecule has 1 fully saturated rings. The van der Waals surface area contributed by atoms with Gasteiger partial charge in [-0.05, 0) is 44.6 Å². The number of ether oxygens (including phenoxy) is 2. The molecule has 0 radical (unpaired) electrons. The Kier molecular flexibility index (Phi) is 8.81. The van der Waals surface area contributed by atoms with E-state index in [4.69, 9.17) is 9.47 Å². The molecule has 4 atom stereocenters. The minimum atomic E-state index is -0.870. The molecule has 0 amide bonds. The summed E-state index contributed by atoms with van der Waals surface area (Å²) in [5.74, 6) is -0.870. The predicted molar refractivity (Wildman–Crippen MR) is 99.8 cm³/mol. The summed E-state index contributed by atoms with van der Waals surface area (Å²) in [6, 6.07) is 9.87. The Morgan fingerprint density at radius 1 is 1.35 bits per heavy atom. The molecule has 2 rings (SSSR count). The van der Waals surface area contributed by atoms with Gasteiger partial charge in [-0.15, -0.1) is 0 Å². The Hall–Kier alpha value is -1.69. The molecule has 26 heavy (non-hydrogen) atoms. The summed E-state index contributed by atoms with van der Waals surface area (Å²) in [4.78, 5) is 11.2. The van der Waals surface area contributed by atoms with Gasteiger partial charge in [0.2, 0.25) is 0 Å². The van der Waals surface area contributed by atoms with Crippen LogP contribution in [0.4, 0.5) is 0 Å². The van der Waals surface area contributed by atoms with Crippen molar-refractivity contribution in [2.45, 2.75) is 76.5 Å². The lowest BCUT2D eigenvalue weighted by atomic mass is 9.98. The summed E-state index contributed by atoms with van der Waals surface area (Å²) in [5, 5.41) is 18.4. The number of aliphatic hydroxyl groups is 1. The van der Waals surface area contributed by atoms with E-state index in [1.807, 2.05) is 36.4 Å². The highest BCUT2D eigenvalue weighted by atomic mass is 16.5. The van der Waals surface area contributed by atoms with E-state index in [2.05, 4.69) is 6.08 Å². The van der Waals surface area contributed by atoms with Crippen molar-refractivity contribution in [3.05, 3.63) is 48.0 Å². The molecule has 0 spiro atoms. The van der Waals surface area contributed by atoms with Gasteiger partial charge in [0.1, 0.15) is 0 Å². The van der Waals surface area contributed by atoms with Crippen molar-refractivity contribution in [2.24, 2.45) is 0 Å². The number of hydrogen-bond donors (Lipinski definition) is 2. The molecule has 0 aliphatic carbocycles. The highest BCUT2D eigenvalue weighted by molar-refractivity contribution is 5.67. The van der Waals surface area contributed by atoms with Gasteiger partial charge in [0, 0.05) is 0 Å². The smallest absolute Gasteiger partial charge is 0.306 e. The van der Waals surface area contributed by atoms with Crippen LogP contribution >= 0.6 is 0 Å². The molecule has 1 aromatic carbocycles. The van der Waals surface area contributed by atoms with Crippen LogP contribution in [0.5, 0.6) is 0 Å². The van der Waals surface area contributed by atoms with Crippen molar-refractivity contribution in [3.8, 4) is 0 Å². The largest absolute Gasteiger partial charge is 0.481 e. The van der Waals surface area contributed by atoms with Crippen molar-refractivity contribution < 1.29 is 24.5 Å². The average molecular weight is 362 g/mol. The van der Waals surface area contributed by atoms with Gasteiger partial charge in [-0.1, -0.05) is 42.5 Å². The fourth-order valence-corrected chi connectivity index (χ4v) is 3.14. The van der Waals surface area contributed by atoms with Crippen LogP contribution in [0, 0.1) is 0 Å². The number of unbranched alkanes of at least 4 members (excludes halogenated alkanes) is 1. The molecule has 144 valence electrons. The Balaban J connectivity index is 1.83. The molecule has 5 heteroatoms. The standard InChI is InChI=1S/C21H30O5/c1-16(22)8-4-2-7-11-18-12-13-19(20(26-18)14-21(23)24)25-15-17-9-5-3-6-10-17/h3,5-7,9-11,16,18-20,22H,2,4,8,12-15H2,1H3,(H,23,24)/b11-7+/t16-,18-,19-,20+/m0/s1. The third-order valence-electron chi connectivity index (χ3n) is 4.53. The second-order valence-electron chi connectivity index (χ2n) is 6.93. The molecular weight excluding hydrogens is 332 g/mol. The van der Waals surface area contributed by atoms with E-state index in [-0.39, 0.29) is 24.7 Å². The normalized spacial score (nSPS) is 24.6. The van der Waals surface area contributed by atoms with Gasteiger partial charge in [0.25, 0.3) is 0 Å². The van der Waals surface area contributed by atoms with Crippen LogP contribution in [0.15, 0.2) is 42.5 Å². The summed E-state index contributed by atoms with van der Waals surface area (Å²) >= 11 is 0. The highest BCUT2D eigenvalue weighted by Crippen LogP contribution is 2.26. The van der Waals surface area contributed by atoms with Crippen LogP contribution in [0.1, 0.15) is 51.0 Å². The molecule has 0 bridgehead atoms. The summed E-state index contributed by atoms with van der Waals surface area (Å²) in [6.07, 6.45) is 7.28. The Bertz CT molecular complexity index is 555. The molecule has 0 aromatic heterocycles. The number of carbonyl (C=O) groups is 1. The molecule has 1 aromatic rings. The molecular formula is C21H30O5. The van der Waals surface area contributed by atoms with E-state index >= 15 is 0 Å². The predicted octanol–water partition coefficient (Wildman–Crippen LogP) is 3.70. The number of carboxylic acids is 1. The number of hydrogen-bond acceptors (Lipinski definition) is 4. The number of aliphatic hydroxyl groups excluding tert-OH is 1. The molecule has 1 aliphatic rings. The lowest BCUT2D eigenvalue weighted by Gasteiger charge is -2.34. The average Bonchev–Trinajstić information content (AvgIpc) is 2.61. The molecule has 0 saturated carbocycles. The van der Waals surface area contributed by atoms with E-state index in [1.165, 1.54) is 0 Å². The van der Waals surface area contributed by atoms with Crippen molar-refractivity contribution >= 4 is 5.97 Å². The topological polar surface area (TPSA) is 76.0 Å². The number of carboxylic acid groups (broad SMARTS) is 1. The van der Waals surface area contributed by atoms with Crippen LogP contribution in [-0.2, 0) is 20.9 Å². The van der Waals surface area contributed by atoms with Crippen molar-refractivity contribution in [1.29, 1.82) is 0 Å². The summed E-state index contributed by atoms with van der Waals surface area (Å²) in [6.45, 7) is 2.25. The van der Waals surface area contributed by atoms with Crippen molar-refractivity contribution in [3.63, 3.8) is 0 Å². The molecule has 1 aliphatic heterocycles. The van der Waals surface area contributed by atoms with Crippen LogP contribution in [0.2, 0.25) is 0 Å². The van der Waals surface area contributed by atoms with Gasteiger partial charge in [-0.3, -0.25) is 4.79 Å². The van der Waals surface area contributed by atoms with Gasteiger partial charge in [-0.25, -0.2) is 0 Å². The van der Waals surface area contributed by atoms with Crippen LogP contribution in [-0.4, -0.2) is 40.6 Å². The second-order valence-corrected chi connectivity index (χ2v) is 6.93. The maximum Gasteiger partial charge on any atom is 0.306 e. The van der Waals surface area contributed by atoms with E-state index in [0.717, 1.165) is 37.7 Å². The zero-order chi connectivity index (χ0) is 18.8. The van der Waals surface area contributed by atoms with Crippen LogP contribution in [0.3, 0.4) is 0 Å². The fourth-order valence-electron chi connectivity index (χ4n) is 3.14. The van der Waals surface area contributed by atoms with Gasteiger partial charge >= 0.3 is 5.97 Å². The van der Waals surface area contributed by atoms with E-state index in [0.29, 0.717) is 6.61 Å². The summed E-state index contributed by atoms with van der Waals surface area (Å²) in [7, 11) is 0. The number of benzene rings is 1. The van der Waals surface area contributed by atoms with Gasteiger partial charge in [0.05, 0.1) is 37.4 Å². The summed E-state index contributed by atoms with van der Waals surface area (Å²) < 4.78 is 11.9. The maximum absolute atomic E-state index is 11.2. The zero-order valence-corrected chi connectivity index (χ0v) is 15.4. The zero-order valence-electron chi connectivity index (χ0n) is 15.4. The fraction of sp³-hybridized carbons (Fsp3) is 0.571. The SMILES string of the molecule is C[C@H](O)CCC/C=C/[C@H]1CC[C@H](OCc2ccccc2)[C@@H](CC(=O)O)O1.